The zero-order valence-corrected chi connectivity index (χ0v) is 15.2. The van der Waals surface area contributed by atoms with Gasteiger partial charge in [0.25, 0.3) is 0 Å². The fourth-order valence-corrected chi connectivity index (χ4v) is 3.64. The Labute approximate surface area is 158 Å². The minimum Gasteiger partial charge on any atom is -0.368 e. The number of primary amides is 1. The van der Waals surface area contributed by atoms with Crippen molar-refractivity contribution in [2.75, 3.05) is 26.2 Å². The van der Waals surface area contributed by atoms with Gasteiger partial charge in [-0.2, -0.15) is 0 Å². The molecule has 1 aliphatic rings. The molecule has 2 aromatic rings. The van der Waals surface area contributed by atoms with Crippen molar-refractivity contribution in [2.24, 2.45) is 5.73 Å². The zero-order valence-electron chi connectivity index (χ0n) is 15.2. The minimum atomic E-state index is -0.324. The van der Waals surface area contributed by atoms with Gasteiger partial charge in [0.05, 0.1) is 6.04 Å². The molecule has 0 aromatic heterocycles. The van der Waals surface area contributed by atoms with E-state index in [2.05, 4.69) is 10.2 Å². The van der Waals surface area contributed by atoms with Gasteiger partial charge >= 0.3 is 0 Å². The summed E-state index contributed by atoms with van der Waals surface area (Å²) >= 11 is 0. The second-order valence-corrected chi connectivity index (χ2v) is 7.01. The fraction of sp³-hybridized carbons (Fsp3) is 0.381. The fourth-order valence-electron chi connectivity index (χ4n) is 3.64. The van der Waals surface area contributed by atoms with Crippen LogP contribution in [0.1, 0.15) is 29.9 Å². The third-order valence-corrected chi connectivity index (χ3v) is 5.11. The molecule has 0 radical (unpaired) electrons. The van der Waals surface area contributed by atoms with E-state index in [1.54, 1.807) is 24.3 Å². The van der Waals surface area contributed by atoms with Crippen molar-refractivity contribution in [1.82, 2.24) is 10.2 Å². The number of carbonyl (C=O) groups is 1. The summed E-state index contributed by atoms with van der Waals surface area (Å²) < 4.78 is 26.6. The van der Waals surface area contributed by atoms with Gasteiger partial charge in [-0.1, -0.05) is 24.3 Å². The van der Waals surface area contributed by atoms with E-state index in [1.807, 2.05) is 0 Å². The number of piperazine rings is 1. The highest BCUT2D eigenvalue weighted by Crippen LogP contribution is 2.29. The number of nitrogens with two attached hydrogens (primary N) is 1. The lowest BCUT2D eigenvalue weighted by Gasteiger charge is -2.32. The number of hydrogen-bond acceptors (Lipinski definition) is 3. The molecule has 4 nitrogen and oxygen atoms in total. The van der Waals surface area contributed by atoms with E-state index >= 15 is 0 Å². The largest absolute Gasteiger partial charge is 0.368 e. The van der Waals surface area contributed by atoms with Crippen LogP contribution in [0.5, 0.6) is 0 Å². The first kappa shape index (κ1) is 19.5. The van der Waals surface area contributed by atoms with Crippen molar-refractivity contribution in [3.63, 3.8) is 0 Å². The molecule has 3 N–H and O–H groups in total. The van der Waals surface area contributed by atoms with Crippen LogP contribution in [0.3, 0.4) is 0 Å². The predicted octanol–water partition coefficient (Wildman–Crippen LogP) is 2.64. The number of halogens is 2. The van der Waals surface area contributed by atoms with Gasteiger partial charge in [0, 0.05) is 25.6 Å². The van der Waals surface area contributed by atoms with Crippen LogP contribution < -0.4 is 11.1 Å². The minimum absolute atomic E-state index is 0.0704. The smallest absolute Gasteiger partial charge is 0.235 e. The molecule has 1 aliphatic heterocycles. The third kappa shape index (κ3) is 5.34. The van der Waals surface area contributed by atoms with Crippen LogP contribution >= 0.6 is 0 Å². The highest BCUT2D eigenvalue weighted by atomic mass is 19.1. The lowest BCUT2D eigenvalue weighted by Crippen LogP contribution is -2.56. The molecule has 1 fully saturated rings. The summed E-state index contributed by atoms with van der Waals surface area (Å²) in [6, 6.07) is 12.7. The van der Waals surface area contributed by atoms with Crippen molar-refractivity contribution < 1.29 is 13.6 Å². The highest BCUT2D eigenvalue weighted by Gasteiger charge is 2.23. The Morgan fingerprint density at radius 1 is 1.07 bits per heavy atom. The van der Waals surface area contributed by atoms with Gasteiger partial charge in [0.1, 0.15) is 11.6 Å². The van der Waals surface area contributed by atoms with E-state index in [0.29, 0.717) is 6.54 Å². The van der Waals surface area contributed by atoms with Crippen LogP contribution in [0, 0.1) is 11.6 Å². The first-order chi connectivity index (χ1) is 13.0. The zero-order chi connectivity index (χ0) is 19.2. The maximum Gasteiger partial charge on any atom is 0.235 e. The van der Waals surface area contributed by atoms with Gasteiger partial charge in [-0.05, 0) is 54.8 Å². The van der Waals surface area contributed by atoms with Gasteiger partial charge < -0.3 is 11.1 Å². The highest BCUT2D eigenvalue weighted by molar-refractivity contribution is 5.80. The second kappa shape index (κ2) is 9.06. The summed E-state index contributed by atoms with van der Waals surface area (Å²) in [4.78, 5) is 13.6. The third-order valence-electron chi connectivity index (χ3n) is 5.11. The van der Waals surface area contributed by atoms with Crippen LogP contribution in [0.2, 0.25) is 0 Å². The molecule has 2 aromatic carbocycles. The number of hydrogen-bond donors (Lipinski definition) is 2. The van der Waals surface area contributed by atoms with E-state index in [0.717, 1.165) is 43.6 Å². The summed E-state index contributed by atoms with van der Waals surface area (Å²) in [5, 5.41) is 3.12. The van der Waals surface area contributed by atoms with Crippen molar-refractivity contribution in [2.45, 2.75) is 24.8 Å². The van der Waals surface area contributed by atoms with Crippen molar-refractivity contribution in [3.8, 4) is 0 Å². The van der Waals surface area contributed by atoms with Crippen LogP contribution in [-0.2, 0) is 4.79 Å². The number of carbonyl (C=O) groups excluding carboxylic acids is 1. The summed E-state index contributed by atoms with van der Waals surface area (Å²) in [7, 11) is 0. The van der Waals surface area contributed by atoms with E-state index in [1.165, 1.54) is 24.3 Å². The SMILES string of the molecule is NC(=O)C1CN(CCCC(c2ccc(F)cc2)c2ccc(F)cc2)CCN1. The molecule has 1 saturated heterocycles. The van der Waals surface area contributed by atoms with Gasteiger partial charge in [-0.3, -0.25) is 9.69 Å². The molecule has 3 rings (SSSR count). The predicted molar refractivity (Wildman–Crippen MR) is 101 cm³/mol. The van der Waals surface area contributed by atoms with E-state index in [9.17, 15) is 13.6 Å². The van der Waals surface area contributed by atoms with Gasteiger partial charge in [0.2, 0.25) is 5.91 Å². The Balaban J connectivity index is 1.65. The molecular weight excluding hydrogens is 348 g/mol. The molecule has 0 spiro atoms. The molecule has 144 valence electrons. The second-order valence-electron chi connectivity index (χ2n) is 7.01. The molecule has 1 unspecified atom stereocenters. The lowest BCUT2D eigenvalue weighted by molar-refractivity contribution is -0.121. The number of nitrogens with one attached hydrogen (secondary N) is 1. The standard InChI is InChI=1S/C21H25F2N3O/c22-17-7-3-15(4-8-17)19(16-5-9-18(23)10-6-16)2-1-12-26-13-11-25-20(14-26)21(24)27/h3-10,19-20,25H,1-2,11-14H2,(H2,24,27). The first-order valence-corrected chi connectivity index (χ1v) is 9.29. The van der Waals surface area contributed by atoms with Crippen molar-refractivity contribution >= 4 is 5.91 Å². The molecular formula is C21H25F2N3O. The summed E-state index contributed by atoms with van der Waals surface area (Å²) in [5.41, 5.74) is 7.42. The number of amides is 1. The summed E-state index contributed by atoms with van der Waals surface area (Å²) in [6.07, 6.45) is 1.76. The van der Waals surface area contributed by atoms with Gasteiger partial charge in [0.15, 0.2) is 0 Å². The molecule has 0 saturated carbocycles. The molecule has 6 heteroatoms. The Hall–Kier alpha value is -2.31. The summed E-state index contributed by atoms with van der Waals surface area (Å²) in [6.45, 7) is 3.09. The van der Waals surface area contributed by atoms with Crippen molar-refractivity contribution in [3.05, 3.63) is 71.3 Å². The molecule has 1 heterocycles. The summed E-state index contributed by atoms with van der Waals surface area (Å²) in [5.74, 6) is -0.791. The van der Waals surface area contributed by atoms with Gasteiger partial charge in [-0.25, -0.2) is 8.78 Å². The molecule has 0 aliphatic carbocycles. The van der Waals surface area contributed by atoms with E-state index in [4.69, 9.17) is 5.73 Å². The monoisotopic (exact) mass is 373 g/mol. The Morgan fingerprint density at radius 3 is 2.15 bits per heavy atom. The quantitative estimate of drug-likeness (QED) is 0.785. The van der Waals surface area contributed by atoms with Crippen LogP contribution in [-0.4, -0.2) is 43.0 Å². The first-order valence-electron chi connectivity index (χ1n) is 9.29. The van der Waals surface area contributed by atoms with Gasteiger partial charge in [-0.15, -0.1) is 0 Å². The average molecular weight is 373 g/mol. The Morgan fingerprint density at radius 2 is 1.63 bits per heavy atom. The van der Waals surface area contributed by atoms with E-state index in [-0.39, 0.29) is 29.5 Å². The molecule has 27 heavy (non-hydrogen) atoms. The van der Waals surface area contributed by atoms with Crippen LogP contribution in [0.15, 0.2) is 48.5 Å². The van der Waals surface area contributed by atoms with Crippen molar-refractivity contribution in [1.29, 1.82) is 0 Å². The maximum absolute atomic E-state index is 13.3. The lowest BCUT2D eigenvalue weighted by atomic mass is 9.87. The number of rotatable bonds is 7. The Kier molecular flexibility index (Phi) is 6.53. The average Bonchev–Trinajstić information content (AvgIpc) is 2.67. The topological polar surface area (TPSA) is 58.4 Å². The maximum atomic E-state index is 13.3. The number of nitrogens with zero attached hydrogens (tertiary/aromatic N) is 1. The Bertz CT molecular complexity index is 704. The molecule has 1 amide bonds. The number of benzene rings is 2. The van der Waals surface area contributed by atoms with E-state index < -0.39 is 0 Å². The van der Waals surface area contributed by atoms with Crippen LogP contribution in [0.25, 0.3) is 0 Å². The van der Waals surface area contributed by atoms with Crippen LogP contribution in [0.4, 0.5) is 8.78 Å². The molecule has 1 atom stereocenters. The molecule has 0 bridgehead atoms. The normalized spacial score (nSPS) is 18.0.